The SMILES string of the molecule is CC(C)c1cc(NC(=O)NCC(F)(F)F)n[nH]1. The molecule has 0 unspecified atom stereocenters. The van der Waals surface area contributed by atoms with Crippen LogP contribution >= 0.6 is 0 Å². The zero-order valence-electron chi connectivity index (χ0n) is 9.35. The molecule has 2 amide bonds. The molecule has 0 aliphatic rings. The van der Waals surface area contributed by atoms with Gasteiger partial charge in [0, 0.05) is 11.8 Å². The molecule has 0 radical (unpaired) electrons. The molecule has 17 heavy (non-hydrogen) atoms. The molecule has 0 fully saturated rings. The molecular formula is C9H13F3N4O. The van der Waals surface area contributed by atoms with Crippen LogP contribution in [0.1, 0.15) is 25.5 Å². The van der Waals surface area contributed by atoms with Gasteiger partial charge in [-0.05, 0) is 5.92 Å². The first kappa shape index (κ1) is 13.3. The fourth-order valence-electron chi connectivity index (χ4n) is 1.04. The summed E-state index contributed by atoms with van der Waals surface area (Å²) in [6.45, 7) is 2.46. The maximum absolute atomic E-state index is 11.8. The van der Waals surface area contributed by atoms with Crippen molar-refractivity contribution in [3.8, 4) is 0 Å². The summed E-state index contributed by atoms with van der Waals surface area (Å²) >= 11 is 0. The van der Waals surface area contributed by atoms with E-state index >= 15 is 0 Å². The molecule has 8 heteroatoms. The summed E-state index contributed by atoms with van der Waals surface area (Å²) in [6, 6.07) is 0.627. The van der Waals surface area contributed by atoms with Gasteiger partial charge in [0.1, 0.15) is 6.54 Å². The Morgan fingerprint density at radius 1 is 1.53 bits per heavy atom. The van der Waals surface area contributed by atoms with Crippen LogP contribution in [0.2, 0.25) is 0 Å². The van der Waals surface area contributed by atoms with E-state index in [2.05, 4.69) is 15.5 Å². The summed E-state index contributed by atoms with van der Waals surface area (Å²) in [5, 5.41) is 10.3. The summed E-state index contributed by atoms with van der Waals surface area (Å²) in [5.74, 6) is 0.379. The number of urea groups is 1. The minimum absolute atomic E-state index is 0.188. The van der Waals surface area contributed by atoms with Crippen LogP contribution in [0.5, 0.6) is 0 Å². The van der Waals surface area contributed by atoms with Crippen molar-refractivity contribution in [3.63, 3.8) is 0 Å². The maximum Gasteiger partial charge on any atom is 0.405 e. The first-order valence-electron chi connectivity index (χ1n) is 4.95. The number of carbonyl (C=O) groups excluding carboxylic acids is 1. The van der Waals surface area contributed by atoms with Crippen molar-refractivity contribution in [3.05, 3.63) is 11.8 Å². The molecule has 1 rings (SSSR count). The van der Waals surface area contributed by atoms with Gasteiger partial charge in [0.05, 0.1) is 0 Å². The third-order valence-corrected chi connectivity index (χ3v) is 1.91. The normalized spacial score (nSPS) is 11.6. The van der Waals surface area contributed by atoms with Crippen molar-refractivity contribution >= 4 is 11.8 Å². The van der Waals surface area contributed by atoms with Crippen molar-refractivity contribution in [1.82, 2.24) is 15.5 Å². The predicted molar refractivity (Wildman–Crippen MR) is 55.8 cm³/mol. The largest absolute Gasteiger partial charge is 0.405 e. The topological polar surface area (TPSA) is 69.8 Å². The number of alkyl halides is 3. The fraction of sp³-hybridized carbons (Fsp3) is 0.556. The van der Waals surface area contributed by atoms with E-state index in [-0.39, 0.29) is 11.7 Å². The van der Waals surface area contributed by atoms with E-state index in [9.17, 15) is 18.0 Å². The number of nitrogens with one attached hydrogen (secondary N) is 3. The Kier molecular flexibility index (Phi) is 3.97. The second kappa shape index (κ2) is 5.07. The molecule has 0 atom stereocenters. The minimum Gasteiger partial charge on any atom is -0.329 e. The molecule has 1 heterocycles. The Labute approximate surface area is 95.8 Å². The highest BCUT2D eigenvalue weighted by atomic mass is 19.4. The quantitative estimate of drug-likeness (QED) is 0.769. The fourth-order valence-corrected chi connectivity index (χ4v) is 1.04. The van der Waals surface area contributed by atoms with Crippen LogP contribution in [0.15, 0.2) is 6.07 Å². The van der Waals surface area contributed by atoms with Crippen molar-refractivity contribution in [2.24, 2.45) is 0 Å². The van der Waals surface area contributed by atoms with Gasteiger partial charge in [0.15, 0.2) is 5.82 Å². The standard InChI is InChI=1S/C9H13F3N4O/c1-5(2)6-3-7(16-15-6)14-8(17)13-4-9(10,11)12/h3,5H,4H2,1-2H3,(H3,13,14,15,16,17). The number of halogens is 3. The van der Waals surface area contributed by atoms with Crippen molar-refractivity contribution in [2.75, 3.05) is 11.9 Å². The van der Waals surface area contributed by atoms with Gasteiger partial charge in [0.2, 0.25) is 0 Å². The Bertz CT molecular complexity index is 386. The second-order valence-corrected chi connectivity index (χ2v) is 3.79. The molecule has 0 saturated carbocycles. The lowest BCUT2D eigenvalue weighted by Gasteiger charge is -2.07. The molecule has 1 aromatic rings. The predicted octanol–water partition coefficient (Wildman–Crippen LogP) is 2.22. The van der Waals surface area contributed by atoms with Crippen LogP contribution in [0.4, 0.5) is 23.8 Å². The van der Waals surface area contributed by atoms with Gasteiger partial charge in [-0.2, -0.15) is 18.3 Å². The lowest BCUT2D eigenvalue weighted by Crippen LogP contribution is -2.36. The van der Waals surface area contributed by atoms with Crippen LogP contribution < -0.4 is 10.6 Å². The minimum atomic E-state index is -4.42. The van der Waals surface area contributed by atoms with Crippen LogP contribution in [0, 0.1) is 0 Å². The number of anilines is 1. The van der Waals surface area contributed by atoms with Crippen LogP contribution in [0.25, 0.3) is 0 Å². The average molecular weight is 250 g/mol. The summed E-state index contributed by atoms with van der Waals surface area (Å²) in [4.78, 5) is 11.1. The lowest BCUT2D eigenvalue weighted by atomic mass is 10.1. The van der Waals surface area contributed by atoms with E-state index in [0.29, 0.717) is 0 Å². The van der Waals surface area contributed by atoms with Crippen molar-refractivity contribution in [1.29, 1.82) is 0 Å². The number of rotatable bonds is 3. The van der Waals surface area contributed by atoms with E-state index in [1.54, 1.807) is 11.4 Å². The Balaban J connectivity index is 2.45. The molecular weight excluding hydrogens is 237 g/mol. The van der Waals surface area contributed by atoms with Crippen molar-refractivity contribution in [2.45, 2.75) is 25.9 Å². The van der Waals surface area contributed by atoms with Gasteiger partial charge in [0.25, 0.3) is 0 Å². The highest BCUT2D eigenvalue weighted by molar-refractivity contribution is 5.88. The number of H-pyrrole nitrogens is 1. The van der Waals surface area contributed by atoms with E-state index in [0.717, 1.165) is 5.69 Å². The number of nitrogens with zero attached hydrogens (tertiary/aromatic N) is 1. The number of carbonyl (C=O) groups is 1. The summed E-state index contributed by atoms with van der Waals surface area (Å²) in [7, 11) is 0. The molecule has 0 bridgehead atoms. The number of amides is 2. The monoisotopic (exact) mass is 250 g/mol. The van der Waals surface area contributed by atoms with Crippen LogP contribution in [-0.4, -0.2) is 28.9 Å². The maximum atomic E-state index is 11.8. The smallest absolute Gasteiger partial charge is 0.329 e. The first-order chi connectivity index (χ1) is 7.78. The average Bonchev–Trinajstić information content (AvgIpc) is 2.62. The molecule has 0 aromatic carbocycles. The van der Waals surface area contributed by atoms with E-state index in [1.165, 1.54) is 0 Å². The highest BCUT2D eigenvalue weighted by Gasteiger charge is 2.27. The Morgan fingerprint density at radius 2 is 2.18 bits per heavy atom. The van der Waals surface area contributed by atoms with Crippen molar-refractivity contribution < 1.29 is 18.0 Å². The molecule has 5 nitrogen and oxygen atoms in total. The summed E-state index contributed by atoms with van der Waals surface area (Å²) < 4.78 is 35.4. The third kappa shape index (κ3) is 4.75. The third-order valence-electron chi connectivity index (χ3n) is 1.91. The first-order valence-corrected chi connectivity index (χ1v) is 4.95. The second-order valence-electron chi connectivity index (χ2n) is 3.79. The Morgan fingerprint density at radius 3 is 2.65 bits per heavy atom. The van der Waals surface area contributed by atoms with Gasteiger partial charge < -0.3 is 5.32 Å². The lowest BCUT2D eigenvalue weighted by molar-refractivity contribution is -0.122. The van der Waals surface area contributed by atoms with Gasteiger partial charge in [-0.3, -0.25) is 10.4 Å². The molecule has 0 aliphatic carbocycles. The van der Waals surface area contributed by atoms with Gasteiger partial charge >= 0.3 is 12.2 Å². The molecule has 3 N–H and O–H groups in total. The molecule has 96 valence electrons. The summed E-state index contributed by atoms with van der Waals surface area (Å²) in [6.07, 6.45) is -4.42. The number of hydrogen-bond donors (Lipinski definition) is 3. The van der Waals surface area contributed by atoms with E-state index < -0.39 is 18.8 Å². The van der Waals surface area contributed by atoms with Gasteiger partial charge in [-0.1, -0.05) is 13.8 Å². The molecule has 0 spiro atoms. The van der Waals surface area contributed by atoms with E-state index in [1.807, 2.05) is 13.8 Å². The Hall–Kier alpha value is -1.73. The summed E-state index contributed by atoms with van der Waals surface area (Å²) in [5.41, 5.74) is 0.788. The number of aromatic nitrogens is 2. The van der Waals surface area contributed by atoms with Crippen LogP contribution in [0.3, 0.4) is 0 Å². The van der Waals surface area contributed by atoms with E-state index in [4.69, 9.17) is 0 Å². The van der Waals surface area contributed by atoms with Gasteiger partial charge in [-0.25, -0.2) is 4.79 Å². The van der Waals surface area contributed by atoms with Gasteiger partial charge in [-0.15, -0.1) is 0 Å². The van der Waals surface area contributed by atoms with Crippen LogP contribution in [-0.2, 0) is 0 Å². The molecule has 0 aliphatic heterocycles. The molecule has 1 aromatic heterocycles. The zero-order valence-corrected chi connectivity index (χ0v) is 9.35. The molecule has 0 saturated heterocycles. The number of hydrogen-bond acceptors (Lipinski definition) is 2. The highest BCUT2D eigenvalue weighted by Crippen LogP contribution is 2.15. The number of aromatic amines is 1. The zero-order chi connectivity index (χ0) is 13.1.